The van der Waals surface area contributed by atoms with Crippen LogP contribution in [0.5, 0.6) is 0 Å². The van der Waals surface area contributed by atoms with E-state index in [0.29, 0.717) is 12.3 Å². The second-order valence-corrected chi connectivity index (χ2v) is 8.60. The van der Waals surface area contributed by atoms with Crippen LogP contribution >= 0.6 is 0 Å². The summed E-state index contributed by atoms with van der Waals surface area (Å²) in [6, 6.07) is 18.6. The molecular formula is C27H32N2O2. The minimum atomic E-state index is 0.0685. The van der Waals surface area contributed by atoms with Crippen molar-refractivity contribution < 1.29 is 9.59 Å². The van der Waals surface area contributed by atoms with Crippen molar-refractivity contribution >= 4 is 22.6 Å². The van der Waals surface area contributed by atoms with Crippen molar-refractivity contribution in [1.82, 2.24) is 9.47 Å². The highest BCUT2D eigenvalue weighted by Crippen LogP contribution is 2.28. The number of benzene rings is 2. The number of aryl methyl sites for hydroxylation is 1. The molecule has 1 amide bonds. The Morgan fingerprint density at radius 3 is 2.39 bits per heavy atom. The van der Waals surface area contributed by atoms with Crippen molar-refractivity contribution in [2.24, 2.45) is 0 Å². The number of ketones is 1. The number of likely N-dealkylation sites (tertiary alicyclic amines) is 1. The summed E-state index contributed by atoms with van der Waals surface area (Å²) in [6.45, 7) is 4.65. The normalized spacial score (nSPS) is 14.8. The lowest BCUT2D eigenvalue weighted by Crippen LogP contribution is -2.38. The molecule has 162 valence electrons. The number of amides is 1. The van der Waals surface area contributed by atoms with Crippen LogP contribution in [0.25, 0.3) is 10.9 Å². The van der Waals surface area contributed by atoms with Gasteiger partial charge in [-0.2, -0.15) is 0 Å². The quantitative estimate of drug-likeness (QED) is 0.435. The third-order valence-electron chi connectivity index (χ3n) is 6.53. The standard InChI is InChI=1S/C27H32N2O2/c1-2-3-17-29-20-24(23-11-7-8-12-25(23)29)26(30)13-14-27(31)28-18-15-22(16-19-28)21-9-5-4-6-10-21/h4-12,20,22H,2-3,13-19H2,1H3. The maximum Gasteiger partial charge on any atom is 0.223 e. The molecule has 1 saturated heterocycles. The molecule has 4 heteroatoms. The Kier molecular flexibility index (Phi) is 6.86. The molecular weight excluding hydrogens is 384 g/mol. The first-order valence-corrected chi connectivity index (χ1v) is 11.6. The van der Waals surface area contributed by atoms with E-state index in [9.17, 15) is 9.59 Å². The summed E-state index contributed by atoms with van der Waals surface area (Å²) in [5, 5.41) is 1.000. The number of carbonyl (C=O) groups excluding carboxylic acids is 2. The Morgan fingerprint density at radius 1 is 0.935 bits per heavy atom. The van der Waals surface area contributed by atoms with Crippen LogP contribution in [0.3, 0.4) is 0 Å². The van der Waals surface area contributed by atoms with Crippen molar-refractivity contribution in [1.29, 1.82) is 0 Å². The summed E-state index contributed by atoms with van der Waals surface area (Å²) in [4.78, 5) is 27.7. The van der Waals surface area contributed by atoms with Gasteiger partial charge in [-0.1, -0.05) is 61.9 Å². The third kappa shape index (κ3) is 4.90. The second-order valence-electron chi connectivity index (χ2n) is 8.60. The van der Waals surface area contributed by atoms with E-state index in [1.54, 1.807) is 0 Å². The van der Waals surface area contributed by atoms with Crippen LogP contribution in [0.1, 0.15) is 67.3 Å². The zero-order valence-corrected chi connectivity index (χ0v) is 18.4. The van der Waals surface area contributed by atoms with Gasteiger partial charge in [-0.25, -0.2) is 0 Å². The summed E-state index contributed by atoms with van der Waals surface area (Å²) in [5.41, 5.74) is 3.22. The first-order chi connectivity index (χ1) is 15.2. The SMILES string of the molecule is CCCCn1cc(C(=O)CCC(=O)N2CCC(c3ccccc3)CC2)c2ccccc21. The number of fused-ring (bicyclic) bond motifs is 1. The minimum Gasteiger partial charge on any atom is -0.347 e. The van der Waals surface area contributed by atoms with Gasteiger partial charge in [0.1, 0.15) is 0 Å². The zero-order valence-electron chi connectivity index (χ0n) is 18.4. The number of para-hydroxylation sites is 1. The molecule has 1 aliphatic heterocycles. The lowest BCUT2D eigenvalue weighted by Gasteiger charge is -2.32. The minimum absolute atomic E-state index is 0.0685. The summed E-state index contributed by atoms with van der Waals surface area (Å²) in [5.74, 6) is 0.703. The first-order valence-electron chi connectivity index (χ1n) is 11.6. The molecule has 0 bridgehead atoms. The van der Waals surface area contributed by atoms with Gasteiger partial charge in [0.2, 0.25) is 5.91 Å². The van der Waals surface area contributed by atoms with Crippen LogP contribution in [-0.2, 0) is 11.3 Å². The Hall–Kier alpha value is -2.88. The molecule has 2 aromatic carbocycles. The number of aromatic nitrogens is 1. The number of carbonyl (C=O) groups is 2. The fourth-order valence-corrected chi connectivity index (χ4v) is 4.68. The Labute approximate surface area is 184 Å². The smallest absolute Gasteiger partial charge is 0.223 e. The van der Waals surface area contributed by atoms with Crippen LogP contribution in [0, 0.1) is 0 Å². The van der Waals surface area contributed by atoms with Crippen molar-refractivity contribution in [2.45, 2.75) is 57.9 Å². The van der Waals surface area contributed by atoms with Crippen LogP contribution in [0.2, 0.25) is 0 Å². The van der Waals surface area contributed by atoms with E-state index in [1.165, 1.54) is 5.56 Å². The second kappa shape index (κ2) is 9.95. The summed E-state index contributed by atoms with van der Waals surface area (Å²) < 4.78 is 2.18. The molecule has 3 aromatic rings. The van der Waals surface area contributed by atoms with Gasteiger partial charge in [0.25, 0.3) is 0 Å². The van der Waals surface area contributed by atoms with Gasteiger partial charge < -0.3 is 9.47 Å². The number of Topliss-reactive ketones (excluding diaryl/α,β-unsaturated/α-hetero) is 1. The van der Waals surface area contributed by atoms with Gasteiger partial charge in [-0.3, -0.25) is 9.59 Å². The predicted octanol–water partition coefficient (Wildman–Crippen LogP) is 5.81. The van der Waals surface area contributed by atoms with Crippen molar-refractivity contribution in [2.75, 3.05) is 13.1 Å². The molecule has 0 aliphatic carbocycles. The topological polar surface area (TPSA) is 42.3 Å². The highest BCUT2D eigenvalue weighted by Gasteiger charge is 2.24. The number of unbranched alkanes of at least 4 members (excludes halogenated alkanes) is 1. The molecule has 1 aromatic heterocycles. The monoisotopic (exact) mass is 416 g/mol. The molecule has 0 N–H and O–H groups in total. The first kappa shape index (κ1) is 21.4. The van der Waals surface area contributed by atoms with Gasteiger partial charge in [0, 0.05) is 55.1 Å². The molecule has 2 heterocycles. The molecule has 1 aliphatic rings. The van der Waals surface area contributed by atoms with E-state index >= 15 is 0 Å². The maximum absolute atomic E-state index is 13.0. The molecule has 0 atom stereocenters. The predicted molar refractivity (Wildman–Crippen MR) is 125 cm³/mol. The van der Waals surface area contributed by atoms with Gasteiger partial charge in [-0.15, -0.1) is 0 Å². The lowest BCUT2D eigenvalue weighted by atomic mass is 9.89. The summed E-state index contributed by atoms with van der Waals surface area (Å²) >= 11 is 0. The number of rotatable bonds is 8. The zero-order chi connectivity index (χ0) is 21.6. The fourth-order valence-electron chi connectivity index (χ4n) is 4.68. The van der Waals surface area contributed by atoms with Crippen molar-refractivity contribution in [3.8, 4) is 0 Å². The Morgan fingerprint density at radius 2 is 1.65 bits per heavy atom. The number of piperidine rings is 1. The van der Waals surface area contributed by atoms with Gasteiger partial charge in [-0.05, 0) is 36.8 Å². The van der Waals surface area contributed by atoms with Crippen molar-refractivity contribution in [3.63, 3.8) is 0 Å². The molecule has 4 rings (SSSR count). The number of hydrogen-bond donors (Lipinski definition) is 0. The highest BCUT2D eigenvalue weighted by atomic mass is 16.2. The molecule has 0 spiro atoms. The average molecular weight is 417 g/mol. The largest absolute Gasteiger partial charge is 0.347 e. The van der Waals surface area contributed by atoms with Crippen LogP contribution in [0.4, 0.5) is 0 Å². The number of hydrogen-bond acceptors (Lipinski definition) is 2. The molecule has 4 nitrogen and oxygen atoms in total. The highest BCUT2D eigenvalue weighted by molar-refractivity contribution is 6.08. The van der Waals surface area contributed by atoms with Gasteiger partial charge >= 0.3 is 0 Å². The van der Waals surface area contributed by atoms with Crippen LogP contribution in [-0.4, -0.2) is 34.2 Å². The van der Waals surface area contributed by atoms with Crippen LogP contribution < -0.4 is 0 Å². The molecule has 31 heavy (non-hydrogen) atoms. The van der Waals surface area contributed by atoms with Gasteiger partial charge in [0.15, 0.2) is 5.78 Å². The Bertz CT molecular complexity index is 1030. The van der Waals surface area contributed by atoms with Gasteiger partial charge in [0.05, 0.1) is 0 Å². The van der Waals surface area contributed by atoms with E-state index in [1.807, 2.05) is 35.4 Å². The molecule has 0 radical (unpaired) electrons. The average Bonchev–Trinajstić information content (AvgIpc) is 3.20. The third-order valence-corrected chi connectivity index (χ3v) is 6.53. The molecule has 0 unspecified atom stereocenters. The van der Waals surface area contributed by atoms with Crippen LogP contribution in [0.15, 0.2) is 60.8 Å². The Balaban J connectivity index is 1.34. The summed E-state index contributed by atoms with van der Waals surface area (Å²) in [6.07, 6.45) is 6.75. The molecule has 0 saturated carbocycles. The van der Waals surface area contributed by atoms with E-state index in [0.717, 1.165) is 61.8 Å². The molecule has 1 fully saturated rings. The maximum atomic E-state index is 13.0. The fraction of sp³-hybridized carbons (Fsp3) is 0.407. The van der Waals surface area contributed by atoms with E-state index in [-0.39, 0.29) is 18.1 Å². The van der Waals surface area contributed by atoms with E-state index < -0.39 is 0 Å². The summed E-state index contributed by atoms with van der Waals surface area (Å²) in [7, 11) is 0. The lowest BCUT2D eigenvalue weighted by molar-refractivity contribution is -0.132. The number of nitrogens with zero attached hydrogens (tertiary/aromatic N) is 2. The van der Waals surface area contributed by atoms with E-state index in [2.05, 4.69) is 41.8 Å². The van der Waals surface area contributed by atoms with Crippen molar-refractivity contribution in [3.05, 3.63) is 71.9 Å². The van der Waals surface area contributed by atoms with E-state index in [4.69, 9.17) is 0 Å².